The van der Waals surface area contributed by atoms with Gasteiger partial charge in [0.25, 0.3) is 0 Å². The second-order valence-corrected chi connectivity index (χ2v) is 2.32. The van der Waals surface area contributed by atoms with Crippen LogP contribution in [0.2, 0.25) is 0 Å². The number of benzene rings is 1. The van der Waals surface area contributed by atoms with Gasteiger partial charge in [-0.05, 0) is 17.5 Å². The molecule has 11 heavy (non-hydrogen) atoms. The van der Waals surface area contributed by atoms with Crippen LogP contribution in [0.3, 0.4) is 0 Å². The van der Waals surface area contributed by atoms with Crippen molar-refractivity contribution in [2.24, 2.45) is 0 Å². The summed E-state index contributed by atoms with van der Waals surface area (Å²) in [5.74, 6) is 0. The van der Waals surface area contributed by atoms with Crippen molar-refractivity contribution in [3.05, 3.63) is 54.7 Å². The molecule has 1 N–H and O–H groups in total. The van der Waals surface area contributed by atoms with E-state index >= 15 is 0 Å². The van der Waals surface area contributed by atoms with Crippen LogP contribution in [0.5, 0.6) is 0 Å². The van der Waals surface area contributed by atoms with Crippen molar-refractivity contribution in [1.29, 1.82) is 0 Å². The van der Waals surface area contributed by atoms with Crippen LogP contribution in [0.4, 0.5) is 0 Å². The van der Waals surface area contributed by atoms with E-state index in [0.29, 0.717) is 0 Å². The number of aliphatic hydroxyl groups excluding tert-OH is 1. The van der Waals surface area contributed by atoms with Crippen molar-refractivity contribution in [2.75, 3.05) is 0 Å². The van der Waals surface area contributed by atoms with Crippen LogP contribution in [0.1, 0.15) is 11.1 Å². The van der Waals surface area contributed by atoms with Crippen LogP contribution in [0.25, 0.3) is 0 Å². The molecule has 0 aliphatic carbocycles. The molecule has 0 aliphatic heterocycles. The molecular formula is C10H11O. The van der Waals surface area contributed by atoms with Crippen molar-refractivity contribution in [3.63, 3.8) is 0 Å². The SMILES string of the molecule is C=CCc1ccccc1[CH]O. The van der Waals surface area contributed by atoms with Crippen LogP contribution in [-0.2, 0) is 6.42 Å². The molecule has 0 saturated heterocycles. The molecule has 1 heteroatoms. The fraction of sp³-hybridized carbons (Fsp3) is 0.100. The number of hydrogen-bond acceptors (Lipinski definition) is 1. The van der Waals surface area contributed by atoms with Crippen molar-refractivity contribution >= 4 is 0 Å². The number of aliphatic hydroxyl groups is 1. The number of hydrogen-bond donors (Lipinski definition) is 1. The zero-order valence-corrected chi connectivity index (χ0v) is 6.33. The highest BCUT2D eigenvalue weighted by Crippen LogP contribution is 2.10. The van der Waals surface area contributed by atoms with E-state index in [0.717, 1.165) is 24.2 Å². The lowest BCUT2D eigenvalue weighted by atomic mass is 10.1. The molecule has 0 aliphatic rings. The summed E-state index contributed by atoms with van der Waals surface area (Å²) in [6.07, 6.45) is 2.62. The minimum absolute atomic E-state index is 0.799. The fourth-order valence-electron chi connectivity index (χ4n) is 1.00. The van der Waals surface area contributed by atoms with Gasteiger partial charge in [0.05, 0.1) is 0 Å². The molecule has 0 atom stereocenters. The molecule has 0 unspecified atom stereocenters. The zero-order chi connectivity index (χ0) is 8.10. The summed E-state index contributed by atoms with van der Waals surface area (Å²) < 4.78 is 0. The second-order valence-electron chi connectivity index (χ2n) is 2.32. The average molecular weight is 147 g/mol. The number of allylic oxidation sites excluding steroid dienone is 1. The Morgan fingerprint density at radius 3 is 2.73 bits per heavy atom. The Bertz CT molecular complexity index is 240. The van der Waals surface area contributed by atoms with Crippen molar-refractivity contribution < 1.29 is 5.11 Å². The van der Waals surface area contributed by atoms with Crippen LogP contribution >= 0.6 is 0 Å². The minimum Gasteiger partial charge on any atom is -0.385 e. The molecule has 0 amide bonds. The molecule has 0 bridgehead atoms. The van der Waals surface area contributed by atoms with E-state index in [2.05, 4.69) is 6.58 Å². The summed E-state index contributed by atoms with van der Waals surface area (Å²) in [5, 5.41) is 8.79. The van der Waals surface area contributed by atoms with Crippen LogP contribution in [0.15, 0.2) is 36.9 Å². The molecule has 1 radical (unpaired) electrons. The molecule has 1 aromatic rings. The van der Waals surface area contributed by atoms with E-state index in [-0.39, 0.29) is 0 Å². The molecule has 0 saturated carbocycles. The van der Waals surface area contributed by atoms with Gasteiger partial charge in [-0.15, -0.1) is 6.58 Å². The molecule has 0 aromatic heterocycles. The zero-order valence-electron chi connectivity index (χ0n) is 6.33. The fourth-order valence-corrected chi connectivity index (χ4v) is 1.00. The Morgan fingerprint density at radius 1 is 1.36 bits per heavy atom. The van der Waals surface area contributed by atoms with Gasteiger partial charge in [0.1, 0.15) is 6.61 Å². The minimum atomic E-state index is 0.799. The predicted molar refractivity (Wildman–Crippen MR) is 45.7 cm³/mol. The highest BCUT2D eigenvalue weighted by Gasteiger charge is 1.96. The van der Waals surface area contributed by atoms with Crippen molar-refractivity contribution in [3.8, 4) is 0 Å². The summed E-state index contributed by atoms with van der Waals surface area (Å²) in [6.45, 7) is 4.76. The lowest BCUT2D eigenvalue weighted by Crippen LogP contribution is -1.89. The molecule has 1 aromatic carbocycles. The van der Waals surface area contributed by atoms with Gasteiger partial charge < -0.3 is 5.11 Å². The molecule has 0 fully saturated rings. The normalized spacial score (nSPS) is 9.55. The first-order valence-electron chi connectivity index (χ1n) is 3.54. The maximum atomic E-state index is 8.79. The van der Waals surface area contributed by atoms with Gasteiger partial charge in [-0.1, -0.05) is 30.3 Å². The van der Waals surface area contributed by atoms with Gasteiger partial charge in [0.2, 0.25) is 0 Å². The maximum Gasteiger partial charge on any atom is 0.109 e. The number of rotatable bonds is 3. The van der Waals surface area contributed by atoms with Gasteiger partial charge in [0.15, 0.2) is 0 Å². The summed E-state index contributed by atoms with van der Waals surface area (Å²) >= 11 is 0. The first-order chi connectivity index (χ1) is 5.38. The molecule has 1 nitrogen and oxygen atoms in total. The van der Waals surface area contributed by atoms with E-state index in [1.807, 2.05) is 30.3 Å². The van der Waals surface area contributed by atoms with Crippen molar-refractivity contribution in [1.82, 2.24) is 0 Å². The van der Waals surface area contributed by atoms with E-state index in [1.54, 1.807) is 0 Å². The third-order valence-electron chi connectivity index (χ3n) is 1.56. The van der Waals surface area contributed by atoms with Crippen LogP contribution in [-0.4, -0.2) is 5.11 Å². The van der Waals surface area contributed by atoms with Crippen molar-refractivity contribution in [2.45, 2.75) is 6.42 Å². The van der Waals surface area contributed by atoms with E-state index in [1.165, 1.54) is 0 Å². The molecular weight excluding hydrogens is 136 g/mol. The Morgan fingerprint density at radius 2 is 2.09 bits per heavy atom. The Hall–Kier alpha value is -1.08. The summed E-state index contributed by atoms with van der Waals surface area (Å²) in [7, 11) is 0. The molecule has 1 rings (SSSR count). The lowest BCUT2D eigenvalue weighted by molar-refractivity contribution is 0.414. The van der Waals surface area contributed by atoms with Crippen LogP contribution < -0.4 is 0 Å². The highest BCUT2D eigenvalue weighted by molar-refractivity contribution is 5.32. The molecule has 57 valence electrons. The summed E-state index contributed by atoms with van der Waals surface area (Å²) in [4.78, 5) is 0. The van der Waals surface area contributed by atoms with Crippen LogP contribution in [0, 0.1) is 6.61 Å². The Balaban J connectivity index is 2.92. The topological polar surface area (TPSA) is 20.2 Å². The second kappa shape index (κ2) is 3.94. The van der Waals surface area contributed by atoms with E-state index in [4.69, 9.17) is 5.11 Å². The quantitative estimate of drug-likeness (QED) is 0.650. The largest absolute Gasteiger partial charge is 0.385 e. The van der Waals surface area contributed by atoms with E-state index < -0.39 is 0 Å². The first-order valence-corrected chi connectivity index (χ1v) is 3.54. The van der Waals surface area contributed by atoms with Gasteiger partial charge in [-0.2, -0.15) is 0 Å². The van der Waals surface area contributed by atoms with Gasteiger partial charge in [0, 0.05) is 0 Å². The Kier molecular flexibility index (Phi) is 2.87. The van der Waals surface area contributed by atoms with Gasteiger partial charge in [-0.3, -0.25) is 0 Å². The first kappa shape index (κ1) is 8.02. The standard InChI is InChI=1S/C10H11O/c1-2-5-9-6-3-4-7-10(9)8-11/h2-4,6-8,11H,1,5H2. The van der Waals surface area contributed by atoms with Gasteiger partial charge >= 0.3 is 0 Å². The summed E-state index contributed by atoms with van der Waals surface area (Å²) in [5.41, 5.74) is 1.97. The monoisotopic (exact) mass is 147 g/mol. The van der Waals surface area contributed by atoms with E-state index in [9.17, 15) is 0 Å². The Labute approximate surface area is 67.0 Å². The molecule has 0 heterocycles. The third-order valence-corrected chi connectivity index (χ3v) is 1.56. The third kappa shape index (κ3) is 1.92. The lowest BCUT2D eigenvalue weighted by Gasteiger charge is -2.01. The molecule has 0 spiro atoms. The van der Waals surface area contributed by atoms with Gasteiger partial charge in [-0.25, -0.2) is 0 Å². The highest BCUT2D eigenvalue weighted by atomic mass is 16.3. The summed E-state index contributed by atoms with van der Waals surface area (Å²) in [6, 6.07) is 7.70. The smallest absolute Gasteiger partial charge is 0.109 e. The maximum absolute atomic E-state index is 8.79. The predicted octanol–water partition coefficient (Wildman–Crippen LogP) is 2.30. The average Bonchev–Trinajstić information content (AvgIpc) is 2.06.